The van der Waals surface area contributed by atoms with Gasteiger partial charge >= 0.3 is 6.03 Å². The molecule has 0 spiro atoms. The van der Waals surface area contributed by atoms with Crippen LogP contribution in [-0.2, 0) is 0 Å². The maximum Gasteiger partial charge on any atom is 0.315 e. The third kappa shape index (κ3) is 4.41. The molecule has 1 saturated carbocycles. The van der Waals surface area contributed by atoms with E-state index in [0.717, 1.165) is 12.8 Å². The average molecular weight is 202 g/mol. The molecule has 0 radical (unpaired) electrons. The van der Waals surface area contributed by atoms with E-state index in [1.54, 1.807) is 0 Å². The van der Waals surface area contributed by atoms with Gasteiger partial charge in [-0.05, 0) is 12.8 Å². The van der Waals surface area contributed by atoms with Crippen LogP contribution in [0.1, 0.15) is 32.1 Å². The zero-order valence-corrected chi connectivity index (χ0v) is 8.78. The van der Waals surface area contributed by atoms with Gasteiger partial charge < -0.3 is 10.6 Å². The Morgan fingerprint density at radius 3 is 2.62 bits per heavy atom. The van der Waals surface area contributed by atoms with Crippen molar-refractivity contribution in [1.82, 2.24) is 10.6 Å². The van der Waals surface area contributed by atoms with E-state index in [4.69, 9.17) is 0 Å². The minimum Gasteiger partial charge on any atom is -0.337 e. The van der Waals surface area contributed by atoms with E-state index in [1.165, 1.54) is 19.3 Å². The number of nitrogens with one attached hydrogen (secondary N) is 2. The van der Waals surface area contributed by atoms with E-state index in [9.17, 15) is 4.79 Å². The van der Waals surface area contributed by atoms with Crippen molar-refractivity contribution in [2.75, 3.05) is 12.3 Å². The molecule has 0 aliphatic heterocycles. The second kappa shape index (κ2) is 6.13. The second-order valence-electron chi connectivity index (χ2n) is 3.46. The summed E-state index contributed by atoms with van der Waals surface area (Å²) in [4.78, 5) is 11.2. The zero-order valence-electron chi connectivity index (χ0n) is 7.88. The summed E-state index contributed by atoms with van der Waals surface area (Å²) in [5.74, 6) is 0.693. The smallest absolute Gasteiger partial charge is 0.315 e. The predicted octanol–water partition coefficient (Wildman–Crippen LogP) is 1.55. The molecule has 1 aliphatic carbocycles. The highest BCUT2D eigenvalue weighted by Crippen LogP contribution is 2.16. The van der Waals surface area contributed by atoms with Gasteiger partial charge in [0.2, 0.25) is 0 Å². The quantitative estimate of drug-likeness (QED) is 0.597. The third-order valence-electron chi connectivity index (χ3n) is 2.34. The SMILES string of the molecule is O=C(NCCS)NC1CCCCC1. The molecular formula is C9H18N2OS. The van der Waals surface area contributed by atoms with E-state index in [2.05, 4.69) is 23.3 Å². The van der Waals surface area contributed by atoms with E-state index in [0.29, 0.717) is 18.3 Å². The first-order chi connectivity index (χ1) is 6.33. The van der Waals surface area contributed by atoms with Crippen LogP contribution in [0, 0.1) is 0 Å². The Balaban J connectivity index is 2.11. The molecule has 0 aromatic rings. The van der Waals surface area contributed by atoms with Gasteiger partial charge in [-0.3, -0.25) is 0 Å². The monoisotopic (exact) mass is 202 g/mol. The fraction of sp³-hybridized carbons (Fsp3) is 0.889. The zero-order chi connectivity index (χ0) is 9.52. The molecule has 13 heavy (non-hydrogen) atoms. The lowest BCUT2D eigenvalue weighted by molar-refractivity contribution is 0.233. The summed E-state index contributed by atoms with van der Waals surface area (Å²) in [5.41, 5.74) is 0. The Kier molecular flexibility index (Phi) is 5.05. The fourth-order valence-corrected chi connectivity index (χ4v) is 1.76. The largest absolute Gasteiger partial charge is 0.337 e. The first kappa shape index (κ1) is 10.7. The summed E-state index contributed by atoms with van der Waals surface area (Å²) >= 11 is 4.02. The molecule has 76 valence electrons. The molecule has 0 atom stereocenters. The molecule has 0 heterocycles. The first-order valence-electron chi connectivity index (χ1n) is 4.98. The van der Waals surface area contributed by atoms with Crippen molar-refractivity contribution >= 4 is 18.7 Å². The van der Waals surface area contributed by atoms with Gasteiger partial charge in [0, 0.05) is 18.3 Å². The van der Waals surface area contributed by atoms with E-state index in [-0.39, 0.29) is 6.03 Å². The molecular weight excluding hydrogens is 184 g/mol. The van der Waals surface area contributed by atoms with Crippen molar-refractivity contribution in [3.05, 3.63) is 0 Å². The van der Waals surface area contributed by atoms with Crippen molar-refractivity contribution < 1.29 is 4.79 Å². The van der Waals surface area contributed by atoms with Crippen LogP contribution in [-0.4, -0.2) is 24.4 Å². The summed E-state index contributed by atoms with van der Waals surface area (Å²) in [6, 6.07) is 0.356. The third-order valence-corrected chi connectivity index (χ3v) is 2.56. The molecule has 3 nitrogen and oxygen atoms in total. The molecule has 0 unspecified atom stereocenters. The van der Waals surface area contributed by atoms with Gasteiger partial charge in [0.15, 0.2) is 0 Å². The molecule has 1 aliphatic rings. The van der Waals surface area contributed by atoms with E-state index in [1.807, 2.05) is 0 Å². The van der Waals surface area contributed by atoms with Crippen molar-refractivity contribution in [2.24, 2.45) is 0 Å². The molecule has 0 saturated heterocycles. The van der Waals surface area contributed by atoms with Gasteiger partial charge in [-0.25, -0.2) is 4.79 Å². The summed E-state index contributed by atoms with van der Waals surface area (Å²) in [7, 11) is 0. The molecule has 0 aromatic carbocycles. The number of urea groups is 1. The molecule has 2 N–H and O–H groups in total. The minimum absolute atomic E-state index is 0.0408. The molecule has 4 heteroatoms. The summed E-state index contributed by atoms with van der Waals surface area (Å²) < 4.78 is 0. The number of carbonyl (C=O) groups excluding carboxylic acids is 1. The standard InChI is InChI=1S/C9H18N2OS/c12-9(10-6-7-13)11-8-4-2-1-3-5-8/h8,13H,1-7H2,(H2,10,11,12). The number of carbonyl (C=O) groups is 1. The van der Waals surface area contributed by atoms with Crippen molar-refractivity contribution in [2.45, 2.75) is 38.1 Å². The second-order valence-corrected chi connectivity index (χ2v) is 3.91. The molecule has 2 amide bonds. The lowest BCUT2D eigenvalue weighted by atomic mass is 9.96. The molecule has 0 aromatic heterocycles. The lowest BCUT2D eigenvalue weighted by Gasteiger charge is -2.22. The summed E-state index contributed by atoms with van der Waals surface area (Å²) in [5, 5.41) is 5.72. The Morgan fingerprint density at radius 1 is 1.31 bits per heavy atom. The average Bonchev–Trinajstić information content (AvgIpc) is 2.16. The Hall–Kier alpha value is -0.380. The first-order valence-corrected chi connectivity index (χ1v) is 5.61. The number of thiol groups is 1. The van der Waals surface area contributed by atoms with Crippen LogP contribution in [0.15, 0.2) is 0 Å². The lowest BCUT2D eigenvalue weighted by Crippen LogP contribution is -2.43. The van der Waals surface area contributed by atoms with Gasteiger partial charge in [-0.2, -0.15) is 12.6 Å². The Labute approximate surface area is 85.1 Å². The van der Waals surface area contributed by atoms with Crippen molar-refractivity contribution in [3.63, 3.8) is 0 Å². The van der Waals surface area contributed by atoms with Crippen molar-refractivity contribution in [1.29, 1.82) is 0 Å². The summed E-state index contributed by atoms with van der Waals surface area (Å²) in [6.07, 6.45) is 6.08. The summed E-state index contributed by atoms with van der Waals surface area (Å²) in [6.45, 7) is 0.641. The van der Waals surface area contributed by atoms with Crippen LogP contribution in [0.5, 0.6) is 0 Å². The fourth-order valence-electron chi connectivity index (χ4n) is 1.65. The number of amides is 2. The number of rotatable bonds is 3. The highest BCUT2D eigenvalue weighted by Gasteiger charge is 2.14. The highest BCUT2D eigenvalue weighted by molar-refractivity contribution is 7.80. The van der Waals surface area contributed by atoms with Gasteiger partial charge in [0.05, 0.1) is 0 Å². The van der Waals surface area contributed by atoms with Crippen LogP contribution < -0.4 is 10.6 Å². The molecule has 1 rings (SSSR count). The number of hydrogen-bond donors (Lipinski definition) is 3. The van der Waals surface area contributed by atoms with Crippen LogP contribution >= 0.6 is 12.6 Å². The van der Waals surface area contributed by atoms with Crippen LogP contribution in [0.2, 0.25) is 0 Å². The van der Waals surface area contributed by atoms with Crippen LogP contribution in [0.4, 0.5) is 4.79 Å². The van der Waals surface area contributed by atoms with Crippen molar-refractivity contribution in [3.8, 4) is 0 Å². The Morgan fingerprint density at radius 2 is 2.00 bits per heavy atom. The van der Waals surface area contributed by atoms with Gasteiger partial charge in [-0.1, -0.05) is 19.3 Å². The maximum atomic E-state index is 11.2. The predicted molar refractivity (Wildman–Crippen MR) is 57.3 cm³/mol. The Bertz CT molecular complexity index is 158. The normalized spacial score (nSPS) is 18.2. The van der Waals surface area contributed by atoms with Crippen LogP contribution in [0.3, 0.4) is 0 Å². The highest BCUT2D eigenvalue weighted by atomic mass is 32.1. The van der Waals surface area contributed by atoms with Gasteiger partial charge in [0.25, 0.3) is 0 Å². The minimum atomic E-state index is -0.0408. The number of hydrogen-bond acceptors (Lipinski definition) is 2. The van der Waals surface area contributed by atoms with Crippen LogP contribution in [0.25, 0.3) is 0 Å². The van der Waals surface area contributed by atoms with E-state index < -0.39 is 0 Å². The van der Waals surface area contributed by atoms with Gasteiger partial charge in [-0.15, -0.1) is 0 Å². The van der Waals surface area contributed by atoms with Gasteiger partial charge in [0.1, 0.15) is 0 Å². The van der Waals surface area contributed by atoms with E-state index >= 15 is 0 Å². The maximum absolute atomic E-state index is 11.2. The molecule has 0 bridgehead atoms. The molecule has 1 fully saturated rings. The topological polar surface area (TPSA) is 41.1 Å².